The minimum absolute atomic E-state index is 0. The topological polar surface area (TPSA) is 285 Å². The number of nitrogens with two attached hydrogens (primary N) is 1. The van der Waals surface area contributed by atoms with Gasteiger partial charge < -0.3 is 31.1 Å². The lowest BCUT2D eigenvalue weighted by Crippen LogP contribution is -2.32. The van der Waals surface area contributed by atoms with E-state index >= 15 is 0 Å². The van der Waals surface area contributed by atoms with Gasteiger partial charge in [-0.15, -0.1) is 0 Å². The zero-order chi connectivity index (χ0) is 51.8. The van der Waals surface area contributed by atoms with Gasteiger partial charge in [0.25, 0.3) is 0 Å². The Morgan fingerprint density at radius 1 is 0.676 bits per heavy atom. The molecule has 2 aliphatic rings. The van der Waals surface area contributed by atoms with Crippen molar-refractivity contribution in [3.05, 3.63) is 106 Å². The van der Waals surface area contributed by atoms with Crippen molar-refractivity contribution >= 4 is 24.0 Å². The number of hydrogen-bond acceptors (Lipinski definition) is 12. The maximum atomic E-state index is 13.0. The Labute approximate surface area is 405 Å². The molecule has 4 aromatic heterocycles. The summed E-state index contributed by atoms with van der Waals surface area (Å²) in [6.07, 6.45) is 4.98. The van der Waals surface area contributed by atoms with Crippen LogP contribution in [0.2, 0.25) is 0 Å². The first-order valence-corrected chi connectivity index (χ1v) is 21.9. The van der Waals surface area contributed by atoms with Gasteiger partial charge in [-0.2, -0.15) is 23.4 Å². The van der Waals surface area contributed by atoms with Crippen LogP contribution in [0.1, 0.15) is 111 Å². The molecule has 0 saturated carbocycles. The van der Waals surface area contributed by atoms with Crippen LogP contribution in [0.15, 0.2) is 60.9 Å². The van der Waals surface area contributed by atoms with E-state index in [0.717, 1.165) is 30.5 Å². The number of alkyl halides is 3. The van der Waals surface area contributed by atoms with Crippen molar-refractivity contribution in [2.75, 3.05) is 13.1 Å². The Morgan fingerprint density at radius 2 is 1.07 bits per heavy atom. The molecule has 2 aromatic carbocycles. The van der Waals surface area contributed by atoms with Gasteiger partial charge in [0.1, 0.15) is 40.0 Å². The van der Waals surface area contributed by atoms with E-state index in [0.29, 0.717) is 88.9 Å². The first kappa shape index (κ1) is 57.6. The van der Waals surface area contributed by atoms with Crippen molar-refractivity contribution in [1.29, 1.82) is 0 Å². The third kappa shape index (κ3) is 16.8. The number of aromatic nitrogens is 8. The van der Waals surface area contributed by atoms with Gasteiger partial charge >= 0.3 is 30.2 Å². The number of carbonyl (C=O) groups is 4. The zero-order valence-corrected chi connectivity index (χ0v) is 38.9. The molecule has 2 aliphatic carbocycles. The number of benzene rings is 2. The molecule has 0 bridgehead atoms. The fraction of sp³-hybridized carbons (Fsp3) is 0.375. The molecule has 0 radical (unpaired) electrons. The molecule has 0 atom stereocenters. The van der Waals surface area contributed by atoms with Crippen LogP contribution in [-0.2, 0) is 35.2 Å². The first-order valence-electron chi connectivity index (χ1n) is 21.9. The number of hydrogen-bond donors (Lipinski definition) is 7. The Balaban J connectivity index is 0.000000260. The van der Waals surface area contributed by atoms with Gasteiger partial charge in [-0.25, -0.2) is 47.9 Å². The maximum Gasteiger partial charge on any atom is 0.490 e. The molecule has 8 N–H and O–H groups in total. The van der Waals surface area contributed by atoms with E-state index in [1.54, 1.807) is 36.7 Å². The summed E-state index contributed by atoms with van der Waals surface area (Å²) in [5, 5.41) is 41.5. The second kappa shape index (κ2) is 26.3. The number of nitrogens with zero attached hydrogens (tertiary/aromatic N) is 6. The normalized spacial score (nSPS) is 11.7. The molecule has 23 heteroatoms. The smallest absolute Gasteiger partial charge is 0.477 e. The number of alkyl carbamates (subject to hydrolysis) is 1. The number of aromatic carboxylic acids is 2. The summed E-state index contributed by atoms with van der Waals surface area (Å²) in [5.41, 5.74) is 11.9. The van der Waals surface area contributed by atoms with Crippen LogP contribution >= 0.6 is 0 Å². The predicted molar refractivity (Wildman–Crippen MR) is 252 cm³/mol. The van der Waals surface area contributed by atoms with E-state index in [1.165, 1.54) is 37.1 Å². The third-order valence-electron chi connectivity index (χ3n) is 9.83. The summed E-state index contributed by atoms with van der Waals surface area (Å²) < 4.78 is 62.9. The summed E-state index contributed by atoms with van der Waals surface area (Å²) in [6, 6.07) is 11.8. The van der Waals surface area contributed by atoms with Crippen LogP contribution in [0, 0.1) is 11.6 Å². The standard InChI is InChI=1S/2C16H11FN4O2.C9H19NO2.C4H11N.C2HF3O2.CH4/c2*17-10-4-1-8(2-5-10)15-18-7-9-3-6-11-13(12(9)19-15)20-21-14(11)16(22)23;1-5-6-7-10-8(11)12-9(2,3)4;1-2-3-4-5;3-2(4,5)1(6)7;/h2*1-2,4-5,7H,3,6H2,(H,20,21)(H,22,23);5-7H2,1-4H3,(H,10,11);2-5H2,1H3;(H,6,7);1H4. The first-order chi connectivity index (χ1) is 33.1. The Morgan fingerprint density at radius 3 is 1.38 bits per heavy atom. The van der Waals surface area contributed by atoms with Crippen molar-refractivity contribution < 1.29 is 61.2 Å². The van der Waals surface area contributed by atoms with Crippen molar-refractivity contribution in [1.82, 2.24) is 45.6 Å². The molecule has 18 nitrogen and oxygen atoms in total. The van der Waals surface area contributed by atoms with Crippen LogP contribution in [-0.4, -0.2) is 105 Å². The summed E-state index contributed by atoms with van der Waals surface area (Å²) in [4.78, 5) is 60.0. The number of nitrogens with one attached hydrogen (secondary N) is 3. The number of carboxylic acids is 3. The number of ether oxygens (including phenoxy) is 1. The number of fused-ring (bicyclic) bond motifs is 6. The molecule has 0 saturated heterocycles. The lowest BCUT2D eigenvalue weighted by Gasteiger charge is -2.19. The van der Waals surface area contributed by atoms with E-state index in [9.17, 15) is 46.5 Å². The molecule has 6 aromatic rings. The van der Waals surface area contributed by atoms with Crippen molar-refractivity contribution in [3.8, 4) is 45.6 Å². The average Bonchev–Trinajstić information content (AvgIpc) is 3.96. The minimum Gasteiger partial charge on any atom is -0.477 e. The lowest BCUT2D eigenvalue weighted by molar-refractivity contribution is -0.192. The summed E-state index contributed by atoms with van der Waals surface area (Å²) >= 11 is 0. The molecular weight excluding hydrogens is 940 g/mol. The number of aryl methyl sites for hydroxylation is 2. The Hall–Kier alpha value is -7.69. The third-order valence-corrected chi connectivity index (χ3v) is 9.83. The lowest BCUT2D eigenvalue weighted by atomic mass is 9.93. The van der Waals surface area contributed by atoms with E-state index in [4.69, 9.17) is 20.4 Å². The molecule has 0 fully saturated rings. The number of unbranched alkanes of at least 4 members (excludes halogenated alkanes) is 2. The highest BCUT2D eigenvalue weighted by molar-refractivity contribution is 5.91. The van der Waals surface area contributed by atoms with Crippen LogP contribution in [0.25, 0.3) is 45.6 Å². The fourth-order valence-corrected chi connectivity index (χ4v) is 6.43. The largest absolute Gasteiger partial charge is 0.490 e. The molecule has 1 amide bonds. The van der Waals surface area contributed by atoms with E-state index < -0.39 is 29.7 Å². The number of H-pyrrole nitrogens is 2. The highest BCUT2D eigenvalue weighted by Gasteiger charge is 2.38. The summed E-state index contributed by atoms with van der Waals surface area (Å²) in [5.74, 6) is -4.56. The van der Waals surface area contributed by atoms with Crippen LogP contribution in [0.4, 0.5) is 26.7 Å². The second-order valence-corrected chi connectivity index (χ2v) is 16.3. The Bertz CT molecular complexity index is 2570. The van der Waals surface area contributed by atoms with Gasteiger partial charge in [-0.05, 0) is 125 Å². The molecule has 71 heavy (non-hydrogen) atoms. The molecule has 8 rings (SSSR count). The molecule has 0 unspecified atom stereocenters. The summed E-state index contributed by atoms with van der Waals surface area (Å²) in [6.45, 7) is 11.3. The highest BCUT2D eigenvalue weighted by Crippen LogP contribution is 2.34. The number of rotatable bonds is 9. The van der Waals surface area contributed by atoms with Crippen molar-refractivity contribution in [2.24, 2.45) is 5.73 Å². The molecule has 4 heterocycles. The van der Waals surface area contributed by atoms with Crippen LogP contribution in [0.3, 0.4) is 0 Å². The number of amides is 1. The van der Waals surface area contributed by atoms with Gasteiger partial charge in [0.15, 0.2) is 11.6 Å². The van der Waals surface area contributed by atoms with Gasteiger partial charge in [-0.1, -0.05) is 34.1 Å². The van der Waals surface area contributed by atoms with Gasteiger partial charge in [0, 0.05) is 41.2 Å². The quantitative estimate of drug-likeness (QED) is 0.0525. The average molecular weight is 997 g/mol. The minimum atomic E-state index is -5.08. The number of aromatic amines is 2. The van der Waals surface area contributed by atoms with E-state index in [1.807, 2.05) is 20.8 Å². The van der Waals surface area contributed by atoms with E-state index in [2.05, 4.69) is 59.5 Å². The highest BCUT2D eigenvalue weighted by atomic mass is 19.4. The SMILES string of the molecule is C.CCCCN.CCCCNC(=O)OC(C)(C)C.O=C(O)C(F)(F)F.O=C(O)c1[nH]nc2c1CCc1cnc(-c3ccc(F)cc3)nc1-2.O=C(O)c1[nH]nc2c1CCc1cnc(-c3ccc(F)cc3)nc1-2. The van der Waals surface area contributed by atoms with Crippen molar-refractivity contribution in [2.45, 2.75) is 105 Å². The monoisotopic (exact) mass is 996 g/mol. The number of carboxylic acid groups (broad SMARTS) is 3. The van der Waals surface area contributed by atoms with Crippen LogP contribution < -0.4 is 11.1 Å². The van der Waals surface area contributed by atoms with Gasteiger partial charge in [-0.3, -0.25) is 10.2 Å². The number of aliphatic carboxylic acids is 1. The Kier molecular flexibility index (Phi) is 21.4. The molecule has 382 valence electrons. The molecular formula is C48H57F5N10O8. The predicted octanol–water partition coefficient (Wildman–Crippen LogP) is 9.27. The molecule has 0 spiro atoms. The molecule has 0 aliphatic heterocycles. The number of halogens is 5. The van der Waals surface area contributed by atoms with E-state index in [-0.39, 0.29) is 36.5 Å². The second-order valence-electron chi connectivity index (χ2n) is 16.3. The number of carbonyl (C=O) groups excluding carboxylic acids is 1. The van der Waals surface area contributed by atoms with Crippen molar-refractivity contribution in [3.63, 3.8) is 0 Å². The maximum absolute atomic E-state index is 13.0. The van der Waals surface area contributed by atoms with Crippen LogP contribution in [0.5, 0.6) is 0 Å². The van der Waals surface area contributed by atoms with Gasteiger partial charge in [0.2, 0.25) is 0 Å². The van der Waals surface area contributed by atoms with Gasteiger partial charge in [0.05, 0.1) is 11.4 Å². The fourth-order valence-electron chi connectivity index (χ4n) is 6.43. The zero-order valence-electron chi connectivity index (χ0n) is 38.9. The summed E-state index contributed by atoms with van der Waals surface area (Å²) in [7, 11) is 0.